The van der Waals surface area contributed by atoms with Crippen LogP contribution in [-0.2, 0) is 4.79 Å². The molecular weight excluding hydrogens is 311 g/mol. The van der Waals surface area contributed by atoms with Crippen LogP contribution in [0.25, 0.3) is 21.3 Å². The van der Waals surface area contributed by atoms with Gasteiger partial charge in [0.25, 0.3) is 0 Å². The van der Waals surface area contributed by atoms with Gasteiger partial charge in [-0.15, -0.1) is 11.3 Å². The molecule has 0 amide bonds. The van der Waals surface area contributed by atoms with Crippen molar-refractivity contribution in [1.82, 2.24) is 9.97 Å². The van der Waals surface area contributed by atoms with Gasteiger partial charge in [0.05, 0.1) is 11.1 Å². The molecule has 0 fully saturated rings. The van der Waals surface area contributed by atoms with Crippen molar-refractivity contribution in [1.29, 1.82) is 0 Å². The highest BCUT2D eigenvalue weighted by Gasteiger charge is 2.14. The van der Waals surface area contributed by atoms with Crippen LogP contribution in [0.3, 0.4) is 0 Å². The monoisotopic (exact) mass is 320 g/mol. The first kappa shape index (κ1) is 14.0. The van der Waals surface area contributed by atoms with E-state index in [1.807, 2.05) is 5.38 Å². The van der Waals surface area contributed by atoms with E-state index in [2.05, 4.69) is 9.97 Å². The summed E-state index contributed by atoms with van der Waals surface area (Å²) in [5.41, 5.74) is 1.75. The van der Waals surface area contributed by atoms with Crippen molar-refractivity contribution in [3.8, 4) is 11.1 Å². The van der Waals surface area contributed by atoms with Gasteiger partial charge < -0.3 is 5.11 Å². The number of carbonyl (C=O) groups is 1. The Morgan fingerprint density at radius 2 is 2.05 bits per heavy atom. The van der Waals surface area contributed by atoms with Gasteiger partial charge in [0.2, 0.25) is 0 Å². The average Bonchev–Trinajstić information content (AvgIpc) is 2.90. The van der Waals surface area contributed by atoms with Gasteiger partial charge in [-0.3, -0.25) is 4.79 Å². The number of fused-ring (bicyclic) bond motifs is 1. The molecule has 2 heterocycles. The molecule has 0 unspecified atom stereocenters. The molecule has 0 saturated carbocycles. The minimum absolute atomic E-state index is 0.0647. The van der Waals surface area contributed by atoms with Crippen LogP contribution in [0.15, 0.2) is 41.0 Å². The van der Waals surface area contributed by atoms with Crippen LogP contribution in [-0.4, -0.2) is 26.8 Å². The summed E-state index contributed by atoms with van der Waals surface area (Å²) < 4.78 is 13.0. The van der Waals surface area contributed by atoms with Gasteiger partial charge in [-0.25, -0.2) is 14.4 Å². The molecule has 4 nitrogen and oxygen atoms in total. The van der Waals surface area contributed by atoms with Crippen LogP contribution < -0.4 is 0 Å². The zero-order valence-electron chi connectivity index (χ0n) is 10.6. The lowest BCUT2D eigenvalue weighted by Crippen LogP contribution is -1.98. The van der Waals surface area contributed by atoms with Gasteiger partial charge in [0, 0.05) is 10.9 Å². The van der Waals surface area contributed by atoms with Gasteiger partial charge >= 0.3 is 5.97 Å². The van der Waals surface area contributed by atoms with E-state index in [4.69, 9.17) is 5.11 Å². The van der Waals surface area contributed by atoms with E-state index in [0.717, 1.165) is 33.1 Å². The summed E-state index contributed by atoms with van der Waals surface area (Å²) in [6, 6.07) is 6.17. The third-order valence-electron chi connectivity index (χ3n) is 2.82. The molecule has 0 aliphatic carbocycles. The fourth-order valence-corrected chi connectivity index (χ4v) is 3.64. The van der Waals surface area contributed by atoms with Crippen LogP contribution >= 0.6 is 23.1 Å². The molecule has 3 rings (SSSR count). The molecule has 2 aromatic heterocycles. The van der Waals surface area contributed by atoms with Crippen molar-refractivity contribution in [3.05, 3.63) is 41.8 Å². The molecule has 21 heavy (non-hydrogen) atoms. The first-order chi connectivity index (χ1) is 10.1. The van der Waals surface area contributed by atoms with Crippen molar-refractivity contribution in [2.24, 2.45) is 0 Å². The van der Waals surface area contributed by atoms with Crippen molar-refractivity contribution < 1.29 is 14.3 Å². The number of carboxylic acids is 1. The second-order valence-corrected chi connectivity index (χ2v) is 6.02. The number of hydrogen-bond donors (Lipinski definition) is 1. The zero-order chi connectivity index (χ0) is 14.8. The number of hydrogen-bond acceptors (Lipinski definition) is 5. The maximum atomic E-state index is 13.0. The predicted octanol–water partition coefficient (Wildman–Crippen LogP) is 3.67. The smallest absolute Gasteiger partial charge is 0.313 e. The van der Waals surface area contributed by atoms with Crippen LogP contribution in [0, 0.1) is 5.82 Å². The summed E-state index contributed by atoms with van der Waals surface area (Å²) in [5.74, 6) is -1.26. The van der Waals surface area contributed by atoms with E-state index < -0.39 is 5.97 Å². The fourth-order valence-electron chi connectivity index (χ4n) is 1.93. The number of halogens is 1. The standard InChI is InChI=1S/C14H9FN2O2S2/c15-9-3-1-8(2-4-9)10-5-20-13-12(10)14(17-7-16-13)21-6-11(18)19/h1-5,7H,6H2,(H,18,19). The molecule has 0 spiro atoms. The first-order valence-corrected chi connectivity index (χ1v) is 7.84. The quantitative estimate of drug-likeness (QED) is 0.587. The predicted molar refractivity (Wildman–Crippen MR) is 81.2 cm³/mol. The van der Waals surface area contributed by atoms with Gasteiger partial charge in [-0.1, -0.05) is 23.9 Å². The normalized spacial score (nSPS) is 10.9. The largest absolute Gasteiger partial charge is 0.481 e. The Kier molecular flexibility index (Phi) is 3.85. The second-order valence-electron chi connectivity index (χ2n) is 4.20. The van der Waals surface area contributed by atoms with Crippen molar-refractivity contribution in [3.63, 3.8) is 0 Å². The van der Waals surface area contributed by atoms with Crippen molar-refractivity contribution >= 4 is 39.3 Å². The Labute approximate surface area is 127 Å². The summed E-state index contributed by atoms with van der Waals surface area (Å²) in [4.78, 5) is 19.9. The van der Waals surface area contributed by atoms with E-state index in [0.29, 0.717) is 5.03 Å². The SMILES string of the molecule is O=C(O)CSc1ncnc2scc(-c3ccc(F)cc3)c12. The third kappa shape index (κ3) is 2.88. The molecule has 0 saturated heterocycles. The Balaban J connectivity index is 2.10. The molecule has 0 radical (unpaired) electrons. The molecular formula is C14H9FN2O2S2. The number of thiophene rings is 1. The lowest BCUT2D eigenvalue weighted by atomic mass is 10.1. The van der Waals surface area contributed by atoms with Gasteiger partial charge in [0.15, 0.2) is 0 Å². The number of nitrogens with zero attached hydrogens (tertiary/aromatic N) is 2. The van der Waals surface area contributed by atoms with E-state index in [-0.39, 0.29) is 11.6 Å². The van der Waals surface area contributed by atoms with Crippen molar-refractivity contribution in [2.75, 3.05) is 5.75 Å². The summed E-state index contributed by atoms with van der Waals surface area (Å²) in [6.07, 6.45) is 1.43. The highest BCUT2D eigenvalue weighted by Crippen LogP contribution is 2.37. The molecule has 106 valence electrons. The lowest BCUT2D eigenvalue weighted by Gasteiger charge is -2.04. The van der Waals surface area contributed by atoms with Crippen LogP contribution in [0.2, 0.25) is 0 Å². The van der Waals surface area contributed by atoms with Crippen molar-refractivity contribution in [2.45, 2.75) is 5.03 Å². The summed E-state index contributed by atoms with van der Waals surface area (Å²) in [6.45, 7) is 0. The lowest BCUT2D eigenvalue weighted by molar-refractivity contribution is -0.133. The topological polar surface area (TPSA) is 63.1 Å². The van der Waals surface area contributed by atoms with E-state index >= 15 is 0 Å². The number of benzene rings is 1. The Hall–Kier alpha value is -1.99. The van der Waals surface area contributed by atoms with Gasteiger partial charge in [0.1, 0.15) is 22.0 Å². The maximum absolute atomic E-state index is 13.0. The van der Waals surface area contributed by atoms with Crippen LogP contribution in [0.4, 0.5) is 4.39 Å². The highest BCUT2D eigenvalue weighted by molar-refractivity contribution is 8.00. The number of rotatable bonds is 4. The second kappa shape index (κ2) is 5.79. The van der Waals surface area contributed by atoms with Crippen LogP contribution in [0.5, 0.6) is 0 Å². The van der Waals surface area contributed by atoms with Gasteiger partial charge in [-0.2, -0.15) is 0 Å². The molecule has 0 aliphatic heterocycles. The van der Waals surface area contributed by atoms with E-state index in [1.165, 1.54) is 29.8 Å². The Morgan fingerprint density at radius 3 is 2.76 bits per heavy atom. The minimum Gasteiger partial charge on any atom is -0.481 e. The number of aliphatic carboxylic acids is 1. The summed E-state index contributed by atoms with van der Waals surface area (Å²) in [7, 11) is 0. The number of carboxylic acid groups (broad SMARTS) is 1. The van der Waals surface area contributed by atoms with E-state index in [9.17, 15) is 9.18 Å². The minimum atomic E-state index is -0.898. The first-order valence-electron chi connectivity index (χ1n) is 5.98. The third-order valence-corrected chi connectivity index (χ3v) is 4.68. The molecule has 0 aliphatic rings. The molecule has 7 heteroatoms. The summed E-state index contributed by atoms with van der Waals surface area (Å²) in [5, 5.41) is 12.2. The summed E-state index contributed by atoms with van der Waals surface area (Å²) >= 11 is 2.61. The van der Waals surface area contributed by atoms with Crippen LogP contribution in [0.1, 0.15) is 0 Å². The molecule has 1 N–H and O–H groups in total. The fraction of sp³-hybridized carbons (Fsp3) is 0.0714. The van der Waals surface area contributed by atoms with Gasteiger partial charge in [-0.05, 0) is 17.7 Å². The Morgan fingerprint density at radius 1 is 1.29 bits per heavy atom. The zero-order valence-corrected chi connectivity index (χ0v) is 12.2. The highest BCUT2D eigenvalue weighted by atomic mass is 32.2. The molecule has 1 aromatic carbocycles. The van der Waals surface area contributed by atoms with E-state index in [1.54, 1.807) is 12.1 Å². The number of thioether (sulfide) groups is 1. The molecule has 0 bridgehead atoms. The number of aromatic nitrogens is 2. The molecule has 3 aromatic rings. The average molecular weight is 320 g/mol. The maximum Gasteiger partial charge on any atom is 0.313 e. The Bertz CT molecular complexity index is 802. The molecule has 0 atom stereocenters.